The first-order valence-electron chi connectivity index (χ1n) is 6.82. The number of rotatable bonds is 5. The molecular formula is C15H23NO2. The molecule has 2 unspecified atom stereocenters. The lowest BCUT2D eigenvalue weighted by molar-refractivity contribution is 0.0238. The lowest BCUT2D eigenvalue weighted by Gasteiger charge is -2.34. The van der Waals surface area contributed by atoms with E-state index in [2.05, 4.69) is 31.3 Å². The van der Waals surface area contributed by atoms with E-state index < -0.39 is 0 Å². The molecule has 3 heteroatoms. The maximum absolute atomic E-state index is 5.87. The van der Waals surface area contributed by atoms with Gasteiger partial charge in [-0.15, -0.1) is 0 Å². The summed E-state index contributed by atoms with van der Waals surface area (Å²) in [4.78, 5) is 0. The highest BCUT2D eigenvalue weighted by atomic mass is 16.5. The summed E-state index contributed by atoms with van der Waals surface area (Å²) in [5, 5.41) is 3.55. The van der Waals surface area contributed by atoms with Gasteiger partial charge in [0.1, 0.15) is 5.75 Å². The molecule has 1 aromatic rings. The topological polar surface area (TPSA) is 30.5 Å². The SMILES string of the molecule is CCNC1c2ccc(OC)cc2CCC1OCC. The van der Waals surface area contributed by atoms with E-state index in [1.807, 2.05) is 6.07 Å². The Morgan fingerprint density at radius 1 is 1.33 bits per heavy atom. The monoisotopic (exact) mass is 249 g/mol. The van der Waals surface area contributed by atoms with Crippen LogP contribution in [-0.2, 0) is 11.2 Å². The van der Waals surface area contributed by atoms with Gasteiger partial charge in [-0.25, -0.2) is 0 Å². The molecule has 0 aliphatic heterocycles. The summed E-state index contributed by atoms with van der Waals surface area (Å²) >= 11 is 0. The van der Waals surface area contributed by atoms with Gasteiger partial charge in [0.15, 0.2) is 0 Å². The summed E-state index contributed by atoms with van der Waals surface area (Å²) in [6.07, 6.45) is 2.43. The van der Waals surface area contributed by atoms with Crippen LogP contribution in [0.1, 0.15) is 37.4 Å². The molecule has 0 aromatic heterocycles. The first-order chi connectivity index (χ1) is 8.80. The van der Waals surface area contributed by atoms with Crippen LogP contribution in [-0.4, -0.2) is 26.4 Å². The highest BCUT2D eigenvalue weighted by molar-refractivity contribution is 5.39. The molecular weight excluding hydrogens is 226 g/mol. The van der Waals surface area contributed by atoms with Crippen molar-refractivity contribution in [2.24, 2.45) is 0 Å². The Hall–Kier alpha value is -1.06. The van der Waals surface area contributed by atoms with Gasteiger partial charge >= 0.3 is 0 Å². The summed E-state index contributed by atoms with van der Waals surface area (Å²) in [6.45, 7) is 5.94. The molecule has 0 radical (unpaired) electrons. The van der Waals surface area contributed by atoms with Crippen LogP contribution in [0.15, 0.2) is 18.2 Å². The summed E-state index contributed by atoms with van der Waals surface area (Å²) in [5.41, 5.74) is 2.75. The van der Waals surface area contributed by atoms with E-state index in [9.17, 15) is 0 Å². The number of ether oxygens (including phenoxy) is 2. The number of aryl methyl sites for hydroxylation is 1. The van der Waals surface area contributed by atoms with Gasteiger partial charge in [-0.3, -0.25) is 0 Å². The summed E-state index contributed by atoms with van der Waals surface area (Å²) < 4.78 is 11.2. The lowest BCUT2D eigenvalue weighted by Crippen LogP contribution is -2.37. The molecule has 18 heavy (non-hydrogen) atoms. The van der Waals surface area contributed by atoms with Crippen molar-refractivity contribution in [2.45, 2.75) is 38.8 Å². The largest absolute Gasteiger partial charge is 0.497 e. The third-order valence-corrected chi connectivity index (χ3v) is 3.56. The van der Waals surface area contributed by atoms with Crippen molar-refractivity contribution in [3.05, 3.63) is 29.3 Å². The molecule has 0 heterocycles. The third kappa shape index (κ3) is 2.68. The van der Waals surface area contributed by atoms with Gasteiger partial charge in [0.25, 0.3) is 0 Å². The van der Waals surface area contributed by atoms with Crippen LogP contribution in [0, 0.1) is 0 Å². The average molecular weight is 249 g/mol. The van der Waals surface area contributed by atoms with Crippen molar-refractivity contribution < 1.29 is 9.47 Å². The molecule has 100 valence electrons. The van der Waals surface area contributed by atoms with Crippen molar-refractivity contribution in [3.8, 4) is 5.75 Å². The maximum atomic E-state index is 5.87. The Morgan fingerprint density at radius 3 is 2.83 bits per heavy atom. The Bertz CT molecular complexity index is 392. The van der Waals surface area contributed by atoms with Crippen molar-refractivity contribution in [2.75, 3.05) is 20.3 Å². The van der Waals surface area contributed by atoms with Gasteiger partial charge < -0.3 is 14.8 Å². The molecule has 2 atom stereocenters. The zero-order valence-corrected chi connectivity index (χ0v) is 11.5. The molecule has 1 N–H and O–H groups in total. The zero-order chi connectivity index (χ0) is 13.0. The quantitative estimate of drug-likeness (QED) is 0.870. The molecule has 0 amide bonds. The predicted octanol–water partition coefficient (Wildman–Crippen LogP) is 2.70. The second kappa shape index (κ2) is 6.21. The molecule has 2 rings (SSSR count). The molecule has 1 aliphatic carbocycles. The average Bonchev–Trinajstić information content (AvgIpc) is 2.41. The smallest absolute Gasteiger partial charge is 0.119 e. The van der Waals surface area contributed by atoms with E-state index >= 15 is 0 Å². The Balaban J connectivity index is 2.27. The van der Waals surface area contributed by atoms with Crippen LogP contribution >= 0.6 is 0 Å². The Labute approximate surface area is 109 Å². The van der Waals surface area contributed by atoms with Crippen LogP contribution in [0.2, 0.25) is 0 Å². The van der Waals surface area contributed by atoms with E-state index in [0.717, 1.165) is 31.7 Å². The minimum atomic E-state index is 0.288. The number of fused-ring (bicyclic) bond motifs is 1. The number of nitrogens with one attached hydrogen (secondary N) is 1. The molecule has 0 saturated heterocycles. The lowest BCUT2D eigenvalue weighted by atomic mass is 9.85. The number of likely N-dealkylation sites (N-methyl/N-ethyl adjacent to an activating group) is 1. The van der Waals surface area contributed by atoms with Crippen molar-refractivity contribution in [1.29, 1.82) is 0 Å². The van der Waals surface area contributed by atoms with Gasteiger partial charge in [0.05, 0.1) is 19.3 Å². The van der Waals surface area contributed by atoms with Crippen molar-refractivity contribution >= 4 is 0 Å². The minimum Gasteiger partial charge on any atom is -0.497 e. The fraction of sp³-hybridized carbons (Fsp3) is 0.600. The number of methoxy groups -OCH3 is 1. The molecule has 0 bridgehead atoms. The van der Waals surface area contributed by atoms with E-state index in [-0.39, 0.29) is 6.10 Å². The molecule has 3 nitrogen and oxygen atoms in total. The third-order valence-electron chi connectivity index (χ3n) is 3.56. The molecule has 0 fully saturated rings. The van der Waals surface area contributed by atoms with Gasteiger partial charge in [0, 0.05) is 6.61 Å². The fourth-order valence-electron chi connectivity index (χ4n) is 2.75. The highest BCUT2D eigenvalue weighted by Gasteiger charge is 2.29. The van der Waals surface area contributed by atoms with Crippen molar-refractivity contribution in [1.82, 2.24) is 5.32 Å². The predicted molar refractivity (Wildman–Crippen MR) is 73.1 cm³/mol. The van der Waals surface area contributed by atoms with Crippen LogP contribution in [0.25, 0.3) is 0 Å². The van der Waals surface area contributed by atoms with Crippen LogP contribution < -0.4 is 10.1 Å². The Morgan fingerprint density at radius 2 is 2.17 bits per heavy atom. The summed E-state index contributed by atoms with van der Waals surface area (Å²) in [6, 6.07) is 6.68. The maximum Gasteiger partial charge on any atom is 0.119 e. The summed E-state index contributed by atoms with van der Waals surface area (Å²) in [5.74, 6) is 0.943. The van der Waals surface area contributed by atoms with E-state index in [4.69, 9.17) is 9.47 Å². The number of hydrogen-bond donors (Lipinski definition) is 1. The van der Waals surface area contributed by atoms with Crippen LogP contribution in [0.3, 0.4) is 0 Å². The fourth-order valence-corrected chi connectivity index (χ4v) is 2.75. The summed E-state index contributed by atoms with van der Waals surface area (Å²) in [7, 11) is 1.72. The highest BCUT2D eigenvalue weighted by Crippen LogP contribution is 2.33. The van der Waals surface area contributed by atoms with Gasteiger partial charge in [-0.05, 0) is 49.6 Å². The molecule has 1 aliphatic rings. The second-order valence-electron chi connectivity index (χ2n) is 4.63. The first kappa shape index (κ1) is 13.4. The van der Waals surface area contributed by atoms with Gasteiger partial charge in [-0.1, -0.05) is 13.0 Å². The van der Waals surface area contributed by atoms with Gasteiger partial charge in [-0.2, -0.15) is 0 Å². The minimum absolute atomic E-state index is 0.288. The molecule has 0 saturated carbocycles. The molecule has 1 aromatic carbocycles. The molecule has 0 spiro atoms. The van der Waals surface area contributed by atoms with Gasteiger partial charge in [0.2, 0.25) is 0 Å². The zero-order valence-electron chi connectivity index (χ0n) is 11.5. The van der Waals surface area contributed by atoms with Crippen molar-refractivity contribution in [3.63, 3.8) is 0 Å². The van der Waals surface area contributed by atoms with E-state index in [0.29, 0.717) is 6.04 Å². The second-order valence-corrected chi connectivity index (χ2v) is 4.63. The van der Waals surface area contributed by atoms with Crippen LogP contribution in [0.4, 0.5) is 0 Å². The first-order valence-corrected chi connectivity index (χ1v) is 6.82. The Kier molecular flexibility index (Phi) is 4.61. The number of benzene rings is 1. The van der Waals surface area contributed by atoms with Crippen LogP contribution in [0.5, 0.6) is 5.75 Å². The van der Waals surface area contributed by atoms with E-state index in [1.54, 1.807) is 7.11 Å². The normalized spacial score (nSPS) is 22.6. The number of hydrogen-bond acceptors (Lipinski definition) is 3. The standard InChI is InChI=1S/C15H23NO2/c1-4-16-15-13-8-7-12(17-3)10-11(13)6-9-14(15)18-5-2/h7-8,10,14-16H,4-6,9H2,1-3H3. The van der Waals surface area contributed by atoms with E-state index in [1.165, 1.54) is 11.1 Å².